The highest BCUT2D eigenvalue weighted by molar-refractivity contribution is 5.84. The van der Waals surface area contributed by atoms with Crippen molar-refractivity contribution in [3.05, 3.63) is 65.4 Å². The first kappa shape index (κ1) is 20.0. The third kappa shape index (κ3) is 3.22. The number of benzene rings is 2. The molecule has 1 amide bonds. The van der Waals surface area contributed by atoms with Crippen LogP contribution in [0.5, 0.6) is 0 Å². The molecule has 2 heterocycles. The van der Waals surface area contributed by atoms with E-state index in [0.29, 0.717) is 24.1 Å². The zero-order valence-electron chi connectivity index (χ0n) is 17.8. The largest absolute Gasteiger partial charge is 0.273 e. The Morgan fingerprint density at radius 1 is 1.18 bits per heavy atom. The molecule has 7 rings (SSSR count). The monoisotopic (exact) mass is 445 g/mol. The van der Waals surface area contributed by atoms with E-state index in [1.807, 2.05) is 23.0 Å². The molecule has 0 N–H and O–H groups in total. The van der Waals surface area contributed by atoms with Crippen LogP contribution in [0.25, 0.3) is 10.9 Å². The van der Waals surface area contributed by atoms with Crippen LogP contribution < -0.4 is 0 Å². The summed E-state index contributed by atoms with van der Waals surface area (Å²) in [6.45, 7) is 0.703. The summed E-state index contributed by atoms with van der Waals surface area (Å²) < 4.78 is 29.4. The number of fused-ring (bicyclic) bond motifs is 2. The highest BCUT2D eigenvalue weighted by atomic mass is 19.1. The molecule has 2 atom stereocenters. The Bertz CT molecular complexity index is 1330. The molecule has 0 radical (unpaired) electrons. The van der Waals surface area contributed by atoms with Crippen LogP contribution in [0, 0.1) is 40.2 Å². The van der Waals surface area contributed by atoms with Crippen molar-refractivity contribution in [3.63, 3.8) is 0 Å². The Kier molecular flexibility index (Phi) is 4.37. The number of amides is 1. The molecule has 3 aromatic rings. The number of halogens is 2. The Morgan fingerprint density at radius 3 is 2.73 bits per heavy atom. The van der Waals surface area contributed by atoms with Crippen LogP contribution in [0.2, 0.25) is 0 Å². The quantitative estimate of drug-likeness (QED) is 0.591. The SMILES string of the molecule is N#Cc1cccc2nn(CC34CC(C3)[C@@H](C(=O)N3N=CCC3c3cc(F)cc(F)c3)C4)cc12. The lowest BCUT2D eigenvalue weighted by Gasteiger charge is -2.38. The van der Waals surface area contributed by atoms with Crippen LogP contribution >= 0.6 is 0 Å². The van der Waals surface area contributed by atoms with Crippen molar-refractivity contribution in [2.24, 2.45) is 22.4 Å². The zero-order valence-corrected chi connectivity index (χ0v) is 17.8. The predicted molar refractivity (Wildman–Crippen MR) is 117 cm³/mol. The molecule has 8 heteroatoms. The molecule has 6 nitrogen and oxygen atoms in total. The molecule has 3 saturated carbocycles. The van der Waals surface area contributed by atoms with Gasteiger partial charge in [0, 0.05) is 42.7 Å². The van der Waals surface area contributed by atoms with Gasteiger partial charge >= 0.3 is 0 Å². The van der Waals surface area contributed by atoms with E-state index in [2.05, 4.69) is 16.3 Å². The van der Waals surface area contributed by atoms with E-state index >= 15 is 0 Å². The van der Waals surface area contributed by atoms with Gasteiger partial charge in [-0.2, -0.15) is 15.5 Å². The number of nitriles is 1. The molecular weight excluding hydrogens is 424 g/mol. The van der Waals surface area contributed by atoms with E-state index in [0.717, 1.165) is 36.2 Å². The van der Waals surface area contributed by atoms with Crippen LogP contribution in [-0.4, -0.2) is 26.9 Å². The molecule has 0 saturated heterocycles. The standard InChI is InChI=1S/C25H21F2N5O/c26-18-6-16(7-19(27)8-18)23-4-5-29-32(23)24(33)20-11-25(9-17(20)10-25)14-31-13-21-15(12-28)2-1-3-22(21)30-31/h1-3,5-8,13,17,20,23H,4,9-11,14H2/t17?,20-,23?,25?/m0/s1. The van der Waals surface area contributed by atoms with Gasteiger partial charge in [0.1, 0.15) is 11.6 Å². The first-order valence-corrected chi connectivity index (χ1v) is 11.1. The van der Waals surface area contributed by atoms with Gasteiger partial charge < -0.3 is 0 Å². The highest BCUT2D eigenvalue weighted by Crippen LogP contribution is 2.63. The summed E-state index contributed by atoms with van der Waals surface area (Å²) in [6.07, 6.45) is 6.64. The molecular formula is C25H21F2N5O. The van der Waals surface area contributed by atoms with Gasteiger partial charge in [-0.25, -0.2) is 13.8 Å². The molecule has 3 aliphatic carbocycles. The van der Waals surface area contributed by atoms with Crippen LogP contribution in [0.1, 0.15) is 42.9 Å². The number of hydrazone groups is 1. The molecule has 2 aromatic carbocycles. The van der Waals surface area contributed by atoms with Crippen molar-refractivity contribution in [1.29, 1.82) is 5.26 Å². The van der Waals surface area contributed by atoms with Gasteiger partial charge in [0.2, 0.25) is 5.91 Å². The second-order valence-electron chi connectivity index (χ2n) is 9.59. The van der Waals surface area contributed by atoms with Crippen molar-refractivity contribution >= 4 is 23.0 Å². The number of carbonyl (C=O) groups excluding carboxylic acids is 1. The smallest absolute Gasteiger partial charge is 0.246 e. The summed E-state index contributed by atoms with van der Waals surface area (Å²) >= 11 is 0. The van der Waals surface area contributed by atoms with Gasteiger partial charge in [0.15, 0.2) is 0 Å². The topological polar surface area (TPSA) is 74.3 Å². The third-order valence-corrected chi connectivity index (χ3v) is 7.47. The average Bonchev–Trinajstić information content (AvgIpc) is 3.53. The molecule has 166 valence electrons. The Balaban J connectivity index is 1.20. The maximum Gasteiger partial charge on any atom is 0.246 e. The van der Waals surface area contributed by atoms with Crippen molar-refractivity contribution in [2.45, 2.75) is 38.3 Å². The van der Waals surface area contributed by atoms with Crippen molar-refractivity contribution in [1.82, 2.24) is 14.8 Å². The van der Waals surface area contributed by atoms with Crippen LogP contribution in [0.4, 0.5) is 8.78 Å². The summed E-state index contributed by atoms with van der Waals surface area (Å²) in [6, 6.07) is 10.6. The summed E-state index contributed by atoms with van der Waals surface area (Å²) in [5.41, 5.74) is 1.83. The number of rotatable bonds is 4. The summed E-state index contributed by atoms with van der Waals surface area (Å²) in [7, 11) is 0. The fraction of sp³-hybridized carbons (Fsp3) is 0.360. The highest BCUT2D eigenvalue weighted by Gasteiger charge is 2.59. The number of hydrogen-bond donors (Lipinski definition) is 0. The Hall–Kier alpha value is -3.60. The minimum absolute atomic E-state index is 0.00371. The normalized spacial score (nSPS) is 27.7. The number of aromatic nitrogens is 2. The Morgan fingerprint density at radius 2 is 1.97 bits per heavy atom. The lowest BCUT2D eigenvalue weighted by atomic mass is 9.69. The van der Waals surface area contributed by atoms with Gasteiger partial charge in [-0.1, -0.05) is 6.07 Å². The maximum atomic E-state index is 13.8. The van der Waals surface area contributed by atoms with E-state index < -0.39 is 17.7 Å². The minimum atomic E-state index is -0.655. The second kappa shape index (κ2) is 7.20. The summed E-state index contributed by atoms with van der Waals surface area (Å²) in [5.74, 6) is -1.24. The van der Waals surface area contributed by atoms with Crippen molar-refractivity contribution < 1.29 is 13.6 Å². The average molecular weight is 445 g/mol. The molecule has 1 unspecified atom stereocenters. The van der Waals surface area contributed by atoms with E-state index in [9.17, 15) is 18.8 Å². The molecule has 0 spiro atoms. The fourth-order valence-electron chi connectivity index (χ4n) is 6.07. The molecule has 1 aromatic heterocycles. The first-order chi connectivity index (χ1) is 15.9. The van der Waals surface area contributed by atoms with Crippen molar-refractivity contribution in [3.8, 4) is 6.07 Å². The zero-order chi connectivity index (χ0) is 22.7. The number of hydrogen-bond acceptors (Lipinski definition) is 4. The lowest BCUT2D eigenvalue weighted by molar-refractivity contribution is -0.138. The third-order valence-electron chi connectivity index (χ3n) is 7.47. The number of carbonyl (C=O) groups is 1. The predicted octanol–water partition coefficient (Wildman–Crippen LogP) is 4.56. The Labute approximate surface area is 189 Å². The molecule has 33 heavy (non-hydrogen) atoms. The van der Waals surface area contributed by atoms with Gasteiger partial charge in [-0.3, -0.25) is 9.48 Å². The fourth-order valence-corrected chi connectivity index (χ4v) is 6.07. The van der Waals surface area contributed by atoms with Crippen molar-refractivity contribution in [2.75, 3.05) is 0 Å². The van der Waals surface area contributed by atoms with Gasteiger partial charge in [0.25, 0.3) is 0 Å². The van der Waals surface area contributed by atoms with Gasteiger partial charge in [-0.15, -0.1) is 0 Å². The molecule has 4 aliphatic rings. The molecule has 1 aliphatic heterocycles. The van der Waals surface area contributed by atoms with E-state index in [-0.39, 0.29) is 23.2 Å². The first-order valence-electron chi connectivity index (χ1n) is 11.1. The van der Waals surface area contributed by atoms with E-state index in [1.165, 1.54) is 17.1 Å². The van der Waals surface area contributed by atoms with Crippen LogP contribution in [-0.2, 0) is 11.3 Å². The molecule has 3 fully saturated rings. The van der Waals surface area contributed by atoms with Crippen LogP contribution in [0.15, 0.2) is 47.7 Å². The second-order valence-corrected chi connectivity index (χ2v) is 9.59. The van der Waals surface area contributed by atoms with E-state index in [1.54, 1.807) is 12.3 Å². The van der Waals surface area contributed by atoms with Gasteiger partial charge in [0.05, 0.1) is 23.2 Å². The number of nitrogens with zero attached hydrogens (tertiary/aromatic N) is 5. The lowest BCUT2D eigenvalue weighted by Crippen LogP contribution is -2.35. The molecule has 2 bridgehead atoms. The maximum absolute atomic E-state index is 13.8. The van der Waals surface area contributed by atoms with Gasteiger partial charge in [-0.05, 0) is 60.4 Å². The summed E-state index contributed by atoms with van der Waals surface area (Å²) in [5, 5.41) is 20.5. The minimum Gasteiger partial charge on any atom is -0.273 e. The summed E-state index contributed by atoms with van der Waals surface area (Å²) in [4.78, 5) is 13.4. The van der Waals surface area contributed by atoms with E-state index in [4.69, 9.17) is 0 Å². The van der Waals surface area contributed by atoms with Crippen LogP contribution in [0.3, 0.4) is 0 Å².